The number of rotatable bonds is 5. The van der Waals surface area contributed by atoms with Crippen molar-refractivity contribution in [2.45, 2.75) is 13.0 Å². The molecule has 4 rings (SSSR count). The van der Waals surface area contributed by atoms with Gasteiger partial charge in [-0.15, -0.1) is 11.3 Å². The molecule has 4 aromatic rings. The van der Waals surface area contributed by atoms with Crippen LogP contribution in [0, 0.1) is 12.7 Å². The van der Waals surface area contributed by atoms with E-state index in [1.165, 1.54) is 23.5 Å². The van der Waals surface area contributed by atoms with Crippen LogP contribution in [0.3, 0.4) is 0 Å². The Bertz CT molecular complexity index is 1070. The molecule has 0 saturated heterocycles. The number of nitrogens with zero attached hydrogens (tertiary/aromatic N) is 2. The van der Waals surface area contributed by atoms with Gasteiger partial charge in [-0.05, 0) is 60.3 Å². The molecule has 2 aromatic carbocycles. The molecule has 28 heavy (non-hydrogen) atoms. The summed E-state index contributed by atoms with van der Waals surface area (Å²) in [5.74, 6) is 0.421. The van der Waals surface area contributed by atoms with Crippen molar-refractivity contribution in [1.82, 2.24) is 15.5 Å². The Morgan fingerprint density at radius 2 is 1.86 bits per heavy atom. The van der Waals surface area contributed by atoms with Crippen molar-refractivity contribution in [2.24, 2.45) is 0 Å². The van der Waals surface area contributed by atoms with Gasteiger partial charge in [0.05, 0.1) is 6.04 Å². The van der Waals surface area contributed by atoms with Crippen molar-refractivity contribution in [3.8, 4) is 11.5 Å². The third kappa shape index (κ3) is 3.84. The van der Waals surface area contributed by atoms with Gasteiger partial charge in [0, 0.05) is 16.0 Å². The Morgan fingerprint density at radius 1 is 1.11 bits per heavy atom. The highest BCUT2D eigenvalue weighted by molar-refractivity contribution is 7.10. The summed E-state index contributed by atoms with van der Waals surface area (Å²) >= 11 is 1.53. The molecular weight excluding hydrogens is 377 g/mol. The van der Waals surface area contributed by atoms with Crippen LogP contribution < -0.4 is 5.32 Å². The van der Waals surface area contributed by atoms with Crippen LogP contribution in [0.25, 0.3) is 11.5 Å². The van der Waals surface area contributed by atoms with Gasteiger partial charge >= 0.3 is 0 Å². The zero-order valence-corrected chi connectivity index (χ0v) is 15.7. The lowest BCUT2D eigenvalue weighted by molar-refractivity contribution is 0.0943. The molecular formula is C21H16FN3O2S. The monoisotopic (exact) mass is 393 g/mol. The van der Waals surface area contributed by atoms with E-state index in [-0.39, 0.29) is 17.8 Å². The lowest BCUT2D eigenvalue weighted by Crippen LogP contribution is -2.28. The van der Waals surface area contributed by atoms with Gasteiger partial charge in [0.25, 0.3) is 11.8 Å². The number of carbonyl (C=O) groups is 1. The predicted molar refractivity (Wildman–Crippen MR) is 104 cm³/mol. The van der Waals surface area contributed by atoms with E-state index in [9.17, 15) is 9.18 Å². The number of benzene rings is 2. The summed E-state index contributed by atoms with van der Waals surface area (Å²) < 4.78 is 18.4. The minimum atomic E-state index is -0.355. The molecule has 0 bridgehead atoms. The van der Waals surface area contributed by atoms with Crippen LogP contribution in [-0.2, 0) is 0 Å². The van der Waals surface area contributed by atoms with Crippen molar-refractivity contribution in [1.29, 1.82) is 0 Å². The summed E-state index contributed by atoms with van der Waals surface area (Å²) in [7, 11) is 0. The molecule has 1 atom stereocenters. The number of amides is 1. The average Bonchev–Trinajstić information content (AvgIpc) is 3.39. The van der Waals surface area contributed by atoms with E-state index >= 15 is 0 Å². The first kappa shape index (κ1) is 18.1. The quantitative estimate of drug-likeness (QED) is 0.531. The molecule has 0 spiro atoms. The fourth-order valence-electron chi connectivity index (χ4n) is 2.82. The van der Waals surface area contributed by atoms with E-state index in [4.69, 9.17) is 4.52 Å². The number of hydrogen-bond donors (Lipinski definition) is 1. The zero-order chi connectivity index (χ0) is 19.5. The summed E-state index contributed by atoms with van der Waals surface area (Å²) in [6.45, 7) is 1.75. The highest BCUT2D eigenvalue weighted by Crippen LogP contribution is 2.27. The molecule has 7 heteroatoms. The topological polar surface area (TPSA) is 68.0 Å². The molecule has 1 unspecified atom stereocenters. The van der Waals surface area contributed by atoms with E-state index in [0.29, 0.717) is 17.3 Å². The zero-order valence-electron chi connectivity index (χ0n) is 14.9. The number of aryl methyl sites for hydroxylation is 1. The molecule has 0 fully saturated rings. The van der Waals surface area contributed by atoms with Crippen molar-refractivity contribution in [2.75, 3.05) is 0 Å². The second kappa shape index (κ2) is 7.74. The Labute approximate surface area is 164 Å². The van der Waals surface area contributed by atoms with Gasteiger partial charge in [-0.2, -0.15) is 4.98 Å². The van der Waals surface area contributed by atoms with Crippen LogP contribution in [0.5, 0.6) is 0 Å². The smallest absolute Gasteiger partial charge is 0.257 e. The van der Waals surface area contributed by atoms with Gasteiger partial charge in [0.15, 0.2) is 5.82 Å². The lowest BCUT2D eigenvalue weighted by atomic mass is 10.0. The van der Waals surface area contributed by atoms with Gasteiger partial charge in [-0.25, -0.2) is 4.39 Å². The summed E-state index contributed by atoms with van der Waals surface area (Å²) in [5.41, 5.74) is 2.06. The SMILES string of the molecule is Cc1noc(-c2ccc(C(=O)NC(c3ccc(F)cc3)c3cccs3)cc2)n1. The Hall–Kier alpha value is -3.32. The first-order valence-electron chi connectivity index (χ1n) is 8.60. The van der Waals surface area contributed by atoms with Crippen molar-refractivity contribution in [3.63, 3.8) is 0 Å². The number of hydrogen-bond acceptors (Lipinski definition) is 5. The Morgan fingerprint density at radius 3 is 2.46 bits per heavy atom. The molecule has 0 aliphatic rings. The molecule has 0 aliphatic heterocycles. The highest BCUT2D eigenvalue weighted by Gasteiger charge is 2.19. The maximum atomic E-state index is 13.3. The summed E-state index contributed by atoms with van der Waals surface area (Å²) in [6, 6.07) is 16.6. The molecule has 1 N–H and O–H groups in total. The fourth-order valence-corrected chi connectivity index (χ4v) is 3.62. The largest absolute Gasteiger partial charge is 0.340 e. The van der Waals surface area contributed by atoms with Crippen LogP contribution in [0.1, 0.15) is 32.7 Å². The minimum absolute atomic E-state index is 0.226. The average molecular weight is 393 g/mol. The fraction of sp³-hybridized carbons (Fsp3) is 0.0952. The van der Waals surface area contributed by atoms with Gasteiger partial charge in [0.2, 0.25) is 0 Å². The van der Waals surface area contributed by atoms with E-state index in [0.717, 1.165) is 16.0 Å². The minimum Gasteiger partial charge on any atom is -0.340 e. The van der Waals surface area contributed by atoms with Gasteiger partial charge in [-0.1, -0.05) is 23.4 Å². The summed E-state index contributed by atoms with van der Waals surface area (Å²) in [4.78, 5) is 18.0. The number of thiophene rings is 1. The van der Waals surface area contributed by atoms with Crippen LogP contribution in [0.2, 0.25) is 0 Å². The highest BCUT2D eigenvalue weighted by atomic mass is 32.1. The first-order valence-corrected chi connectivity index (χ1v) is 9.48. The predicted octanol–water partition coefficient (Wildman–Crippen LogP) is 4.77. The van der Waals surface area contributed by atoms with E-state index in [2.05, 4.69) is 15.5 Å². The van der Waals surface area contributed by atoms with Crippen molar-refractivity contribution >= 4 is 17.2 Å². The maximum absolute atomic E-state index is 13.3. The third-order valence-electron chi connectivity index (χ3n) is 4.23. The van der Waals surface area contributed by atoms with Gasteiger partial charge in [-0.3, -0.25) is 4.79 Å². The second-order valence-electron chi connectivity index (χ2n) is 6.20. The van der Waals surface area contributed by atoms with Crippen LogP contribution in [0.15, 0.2) is 70.6 Å². The van der Waals surface area contributed by atoms with Crippen LogP contribution in [-0.4, -0.2) is 16.0 Å². The third-order valence-corrected chi connectivity index (χ3v) is 5.17. The summed E-state index contributed by atoms with van der Waals surface area (Å²) in [5, 5.41) is 8.74. The molecule has 5 nitrogen and oxygen atoms in total. The first-order chi connectivity index (χ1) is 13.6. The molecule has 0 radical (unpaired) electrons. The van der Waals surface area contributed by atoms with E-state index in [1.54, 1.807) is 43.3 Å². The molecule has 2 aromatic heterocycles. The van der Waals surface area contributed by atoms with Crippen molar-refractivity contribution < 1.29 is 13.7 Å². The summed E-state index contributed by atoms with van der Waals surface area (Å²) in [6.07, 6.45) is 0. The van der Waals surface area contributed by atoms with Gasteiger partial charge in [0.1, 0.15) is 5.82 Å². The number of nitrogens with one attached hydrogen (secondary N) is 1. The second-order valence-corrected chi connectivity index (χ2v) is 7.18. The van der Waals surface area contributed by atoms with Gasteiger partial charge < -0.3 is 9.84 Å². The lowest BCUT2D eigenvalue weighted by Gasteiger charge is -2.18. The normalized spacial score (nSPS) is 11.9. The number of halogens is 1. The molecule has 140 valence electrons. The van der Waals surface area contributed by atoms with Crippen LogP contribution in [0.4, 0.5) is 4.39 Å². The van der Waals surface area contributed by atoms with Crippen molar-refractivity contribution in [3.05, 3.63) is 93.7 Å². The maximum Gasteiger partial charge on any atom is 0.257 e. The number of aromatic nitrogens is 2. The number of carbonyl (C=O) groups excluding carboxylic acids is 1. The Kier molecular flexibility index (Phi) is 4.99. The molecule has 1 amide bonds. The standard InChI is InChI=1S/C21H16FN3O2S/c1-13-23-21(27-25-13)16-6-4-15(5-7-16)20(26)24-19(18-3-2-12-28-18)14-8-10-17(22)11-9-14/h2-12,19H,1H3,(H,24,26). The molecule has 2 heterocycles. The molecule has 0 aliphatic carbocycles. The van der Waals surface area contributed by atoms with E-state index < -0.39 is 0 Å². The van der Waals surface area contributed by atoms with Crippen LogP contribution >= 0.6 is 11.3 Å². The van der Waals surface area contributed by atoms with E-state index in [1.807, 2.05) is 17.5 Å². The molecule has 0 saturated carbocycles. The Balaban J connectivity index is 1.56.